The van der Waals surface area contributed by atoms with E-state index in [2.05, 4.69) is 21.2 Å². The molecular formula is C13H16BrF3N2O. The Kier molecular flexibility index (Phi) is 6.01. The molecule has 0 aliphatic heterocycles. The van der Waals surface area contributed by atoms with E-state index in [4.69, 9.17) is 5.73 Å². The van der Waals surface area contributed by atoms with Crippen LogP contribution in [0.25, 0.3) is 0 Å². The number of amides is 1. The molecule has 20 heavy (non-hydrogen) atoms. The fraction of sp³-hybridized carbons (Fsp3) is 0.462. The van der Waals surface area contributed by atoms with Crippen molar-refractivity contribution in [2.24, 2.45) is 11.7 Å². The van der Waals surface area contributed by atoms with Gasteiger partial charge in [-0.1, -0.05) is 29.3 Å². The maximum Gasteiger partial charge on any atom is 0.417 e. The second-order valence-electron chi connectivity index (χ2n) is 4.45. The van der Waals surface area contributed by atoms with Crippen LogP contribution in [0.2, 0.25) is 0 Å². The first-order valence-corrected chi connectivity index (χ1v) is 6.93. The standard InChI is InChI=1S/C13H16BrF3N2O/c1-2-8(7-18)5-12(20)19-9-3-4-11(14)10(6-9)13(15,16)17/h3-4,6,8H,2,5,7,18H2,1H3,(H,19,20). The molecular weight excluding hydrogens is 337 g/mol. The van der Waals surface area contributed by atoms with Crippen LogP contribution in [-0.4, -0.2) is 12.5 Å². The normalized spacial score (nSPS) is 13.1. The van der Waals surface area contributed by atoms with Crippen molar-refractivity contribution in [2.75, 3.05) is 11.9 Å². The Morgan fingerprint density at radius 3 is 2.60 bits per heavy atom. The molecule has 1 rings (SSSR count). The van der Waals surface area contributed by atoms with Crippen LogP contribution in [0.5, 0.6) is 0 Å². The van der Waals surface area contributed by atoms with Gasteiger partial charge in [-0.15, -0.1) is 0 Å². The van der Waals surface area contributed by atoms with Crippen molar-refractivity contribution in [1.29, 1.82) is 0 Å². The molecule has 0 aromatic heterocycles. The Morgan fingerprint density at radius 1 is 1.45 bits per heavy atom. The summed E-state index contributed by atoms with van der Waals surface area (Å²) in [7, 11) is 0. The Morgan fingerprint density at radius 2 is 2.10 bits per heavy atom. The molecule has 0 spiro atoms. The van der Waals surface area contributed by atoms with Crippen LogP contribution in [0, 0.1) is 5.92 Å². The van der Waals surface area contributed by atoms with E-state index in [0.29, 0.717) is 6.54 Å². The number of alkyl halides is 3. The number of rotatable bonds is 5. The number of carbonyl (C=O) groups is 1. The minimum absolute atomic E-state index is 0.0348. The largest absolute Gasteiger partial charge is 0.417 e. The number of nitrogens with two attached hydrogens (primary N) is 1. The summed E-state index contributed by atoms with van der Waals surface area (Å²) in [5.41, 5.74) is 4.80. The van der Waals surface area contributed by atoms with E-state index in [-0.39, 0.29) is 28.4 Å². The molecule has 1 amide bonds. The molecule has 1 aromatic rings. The number of benzene rings is 1. The molecule has 0 fully saturated rings. The first kappa shape index (κ1) is 17.0. The van der Waals surface area contributed by atoms with E-state index in [1.807, 2.05) is 6.92 Å². The van der Waals surface area contributed by atoms with E-state index in [1.54, 1.807) is 0 Å². The fourth-order valence-corrected chi connectivity index (χ4v) is 2.16. The van der Waals surface area contributed by atoms with E-state index < -0.39 is 11.7 Å². The third-order valence-corrected chi connectivity index (χ3v) is 3.63. The topological polar surface area (TPSA) is 55.1 Å². The molecule has 3 nitrogen and oxygen atoms in total. The number of hydrogen-bond donors (Lipinski definition) is 2. The van der Waals surface area contributed by atoms with Gasteiger partial charge in [0.1, 0.15) is 0 Å². The van der Waals surface area contributed by atoms with Gasteiger partial charge in [0, 0.05) is 16.6 Å². The second-order valence-corrected chi connectivity index (χ2v) is 5.31. The summed E-state index contributed by atoms with van der Waals surface area (Å²) in [6, 6.07) is 3.59. The zero-order valence-electron chi connectivity index (χ0n) is 10.9. The number of halogens is 4. The lowest BCUT2D eigenvalue weighted by atomic mass is 10.0. The summed E-state index contributed by atoms with van der Waals surface area (Å²) in [5.74, 6) is -0.301. The molecule has 3 N–H and O–H groups in total. The lowest BCUT2D eigenvalue weighted by Crippen LogP contribution is -2.22. The summed E-state index contributed by atoms with van der Waals surface area (Å²) >= 11 is 2.85. The Labute approximate surface area is 123 Å². The van der Waals surface area contributed by atoms with Gasteiger partial charge in [-0.05, 0) is 30.7 Å². The van der Waals surface area contributed by atoms with Crippen molar-refractivity contribution in [1.82, 2.24) is 0 Å². The molecule has 0 heterocycles. The lowest BCUT2D eigenvalue weighted by Gasteiger charge is -2.14. The third kappa shape index (κ3) is 4.79. The molecule has 1 atom stereocenters. The summed E-state index contributed by atoms with van der Waals surface area (Å²) in [6.45, 7) is 2.28. The van der Waals surface area contributed by atoms with Crippen molar-refractivity contribution in [2.45, 2.75) is 25.9 Å². The van der Waals surface area contributed by atoms with E-state index >= 15 is 0 Å². The lowest BCUT2D eigenvalue weighted by molar-refractivity contribution is -0.138. The van der Waals surface area contributed by atoms with Crippen LogP contribution < -0.4 is 11.1 Å². The summed E-state index contributed by atoms with van der Waals surface area (Å²) in [6.07, 6.45) is -3.52. The predicted molar refractivity (Wildman–Crippen MR) is 75.2 cm³/mol. The highest BCUT2D eigenvalue weighted by Crippen LogP contribution is 2.36. The Balaban J connectivity index is 2.81. The zero-order valence-corrected chi connectivity index (χ0v) is 12.5. The summed E-state index contributed by atoms with van der Waals surface area (Å²) in [4.78, 5) is 11.7. The SMILES string of the molecule is CCC(CN)CC(=O)Nc1ccc(Br)c(C(F)(F)F)c1. The van der Waals surface area contributed by atoms with Crippen LogP contribution in [0.1, 0.15) is 25.3 Å². The highest BCUT2D eigenvalue weighted by molar-refractivity contribution is 9.10. The highest BCUT2D eigenvalue weighted by Gasteiger charge is 2.33. The zero-order chi connectivity index (χ0) is 15.3. The van der Waals surface area contributed by atoms with Crippen LogP contribution in [0.15, 0.2) is 22.7 Å². The maximum absolute atomic E-state index is 12.7. The van der Waals surface area contributed by atoms with E-state index in [0.717, 1.165) is 12.5 Å². The average molecular weight is 353 g/mol. The Bertz CT molecular complexity index is 473. The van der Waals surface area contributed by atoms with Crippen LogP contribution >= 0.6 is 15.9 Å². The Hall–Kier alpha value is -1.08. The maximum atomic E-state index is 12.7. The molecule has 1 aromatic carbocycles. The molecule has 0 bridgehead atoms. The van der Waals surface area contributed by atoms with Gasteiger partial charge < -0.3 is 11.1 Å². The van der Waals surface area contributed by atoms with Gasteiger partial charge in [0.25, 0.3) is 0 Å². The molecule has 0 saturated carbocycles. The van der Waals surface area contributed by atoms with Crippen molar-refractivity contribution < 1.29 is 18.0 Å². The van der Waals surface area contributed by atoms with Crippen molar-refractivity contribution >= 4 is 27.5 Å². The molecule has 0 aliphatic carbocycles. The van der Waals surface area contributed by atoms with E-state index in [9.17, 15) is 18.0 Å². The summed E-state index contributed by atoms with van der Waals surface area (Å²) in [5, 5.41) is 2.47. The molecule has 112 valence electrons. The highest BCUT2D eigenvalue weighted by atomic mass is 79.9. The minimum Gasteiger partial charge on any atom is -0.330 e. The first-order valence-electron chi connectivity index (χ1n) is 6.14. The molecule has 1 unspecified atom stereocenters. The number of anilines is 1. The quantitative estimate of drug-likeness (QED) is 0.847. The smallest absolute Gasteiger partial charge is 0.330 e. The number of carbonyl (C=O) groups excluding carboxylic acids is 1. The van der Waals surface area contributed by atoms with Gasteiger partial charge in [0.15, 0.2) is 0 Å². The first-order chi connectivity index (χ1) is 9.27. The van der Waals surface area contributed by atoms with Crippen molar-refractivity contribution in [3.8, 4) is 0 Å². The van der Waals surface area contributed by atoms with Crippen molar-refractivity contribution in [3.63, 3.8) is 0 Å². The molecule has 0 saturated heterocycles. The predicted octanol–water partition coefficient (Wildman–Crippen LogP) is 3.78. The van der Waals surface area contributed by atoms with Gasteiger partial charge in [-0.25, -0.2) is 0 Å². The molecule has 7 heteroatoms. The average Bonchev–Trinajstić information content (AvgIpc) is 2.37. The van der Waals surface area contributed by atoms with Gasteiger partial charge >= 0.3 is 6.18 Å². The van der Waals surface area contributed by atoms with Gasteiger partial charge in [0.05, 0.1) is 5.56 Å². The monoisotopic (exact) mass is 352 g/mol. The van der Waals surface area contributed by atoms with Crippen molar-refractivity contribution in [3.05, 3.63) is 28.2 Å². The molecule has 0 aliphatic rings. The van der Waals surface area contributed by atoms with Crippen LogP contribution in [0.3, 0.4) is 0 Å². The second kappa shape index (κ2) is 7.08. The van der Waals surface area contributed by atoms with Gasteiger partial charge in [-0.2, -0.15) is 13.2 Å². The van der Waals surface area contributed by atoms with E-state index in [1.165, 1.54) is 12.1 Å². The number of nitrogens with one attached hydrogen (secondary N) is 1. The van der Waals surface area contributed by atoms with Gasteiger partial charge in [0.2, 0.25) is 5.91 Å². The minimum atomic E-state index is -4.47. The number of hydrogen-bond acceptors (Lipinski definition) is 2. The molecule has 0 radical (unpaired) electrons. The summed E-state index contributed by atoms with van der Waals surface area (Å²) < 4.78 is 38.1. The van der Waals surface area contributed by atoms with Crippen LogP contribution in [0.4, 0.5) is 18.9 Å². The van der Waals surface area contributed by atoms with Crippen LogP contribution in [-0.2, 0) is 11.0 Å². The third-order valence-electron chi connectivity index (χ3n) is 2.94. The van der Waals surface area contributed by atoms with Gasteiger partial charge in [-0.3, -0.25) is 4.79 Å². The fourth-order valence-electron chi connectivity index (χ4n) is 1.69.